The summed E-state index contributed by atoms with van der Waals surface area (Å²) >= 11 is 6.46. The predicted molar refractivity (Wildman–Crippen MR) is 111 cm³/mol. The average molecular weight is 389 g/mol. The molecule has 3 heterocycles. The maximum Gasteiger partial charge on any atom is 0.0974 e. The number of hydrogen-bond donors (Lipinski definition) is 0. The van der Waals surface area contributed by atoms with Crippen LogP contribution in [0.3, 0.4) is 0 Å². The lowest BCUT2D eigenvalue weighted by molar-refractivity contribution is 0.567. The van der Waals surface area contributed by atoms with Crippen molar-refractivity contribution in [2.24, 2.45) is 7.05 Å². The molecule has 0 saturated heterocycles. The van der Waals surface area contributed by atoms with Crippen LogP contribution in [0.1, 0.15) is 23.1 Å². The van der Waals surface area contributed by atoms with Crippen LogP contribution < -0.4 is 0 Å². The molecule has 6 heteroatoms. The first-order valence-corrected chi connectivity index (χ1v) is 9.20. The molecule has 0 aliphatic carbocycles. The van der Waals surface area contributed by atoms with Gasteiger partial charge in [-0.25, -0.2) is 9.97 Å². The second-order valence-electron chi connectivity index (χ2n) is 6.50. The highest BCUT2D eigenvalue weighted by atomic mass is 35.5. The molecule has 0 fully saturated rings. The number of benzene rings is 1. The van der Waals surface area contributed by atoms with Crippen molar-refractivity contribution in [3.05, 3.63) is 71.0 Å². The molecule has 0 aliphatic rings. The van der Waals surface area contributed by atoms with E-state index in [0.717, 1.165) is 39.0 Å². The summed E-state index contributed by atoms with van der Waals surface area (Å²) in [5.41, 5.74) is 5.48. The molecule has 0 radical (unpaired) electrons. The Morgan fingerprint density at radius 2 is 2.18 bits per heavy atom. The van der Waals surface area contributed by atoms with Crippen molar-refractivity contribution < 1.29 is 4.42 Å². The first-order chi connectivity index (χ1) is 13.7. The largest absolute Gasteiger partial charge is 0.472 e. The third-order valence-electron chi connectivity index (χ3n) is 4.59. The predicted octanol–water partition coefficient (Wildman–Crippen LogP) is 5.51. The van der Waals surface area contributed by atoms with E-state index in [-0.39, 0.29) is 0 Å². The van der Waals surface area contributed by atoms with Gasteiger partial charge in [0.25, 0.3) is 0 Å². The number of furan rings is 1. The molecule has 4 aromatic rings. The van der Waals surface area contributed by atoms with Crippen molar-refractivity contribution in [2.45, 2.75) is 12.8 Å². The Morgan fingerprint density at radius 1 is 1.29 bits per heavy atom. The van der Waals surface area contributed by atoms with Gasteiger partial charge in [0.05, 0.1) is 48.0 Å². The van der Waals surface area contributed by atoms with Gasteiger partial charge in [-0.15, -0.1) is 0 Å². The van der Waals surface area contributed by atoms with Gasteiger partial charge in [0, 0.05) is 29.4 Å². The summed E-state index contributed by atoms with van der Waals surface area (Å²) in [5.74, 6) is 0. The van der Waals surface area contributed by atoms with Gasteiger partial charge in [-0.3, -0.25) is 0 Å². The molecule has 0 amide bonds. The van der Waals surface area contributed by atoms with Crippen LogP contribution in [-0.2, 0) is 13.5 Å². The molecule has 0 saturated carbocycles. The van der Waals surface area contributed by atoms with Gasteiger partial charge in [-0.1, -0.05) is 23.8 Å². The van der Waals surface area contributed by atoms with Crippen molar-refractivity contribution in [2.75, 3.05) is 0 Å². The summed E-state index contributed by atoms with van der Waals surface area (Å²) < 4.78 is 7.08. The zero-order valence-corrected chi connectivity index (χ0v) is 16.0. The normalized spacial score (nSPS) is 11.3. The number of aryl methyl sites for hydroxylation is 2. The zero-order valence-electron chi connectivity index (χ0n) is 15.3. The molecule has 0 spiro atoms. The lowest BCUT2D eigenvalue weighted by Gasteiger charge is -2.11. The fourth-order valence-electron chi connectivity index (χ4n) is 3.13. The van der Waals surface area contributed by atoms with E-state index in [1.165, 1.54) is 0 Å². The summed E-state index contributed by atoms with van der Waals surface area (Å²) in [7, 11) is 1.94. The molecule has 0 unspecified atom stereocenters. The molecule has 138 valence electrons. The van der Waals surface area contributed by atoms with E-state index in [2.05, 4.69) is 11.1 Å². The van der Waals surface area contributed by atoms with Crippen molar-refractivity contribution in [3.63, 3.8) is 0 Å². The Labute approximate surface area is 167 Å². The molecule has 0 aliphatic heterocycles. The summed E-state index contributed by atoms with van der Waals surface area (Å²) in [4.78, 5) is 9.00. The topological polar surface area (TPSA) is 67.6 Å². The van der Waals surface area contributed by atoms with E-state index < -0.39 is 0 Å². The van der Waals surface area contributed by atoms with Gasteiger partial charge in [-0.05, 0) is 41.8 Å². The Bertz CT molecular complexity index is 1200. The quantitative estimate of drug-likeness (QED) is 0.452. The lowest BCUT2D eigenvalue weighted by atomic mass is 10.0. The maximum atomic E-state index is 8.91. The second kappa shape index (κ2) is 7.71. The van der Waals surface area contributed by atoms with Crippen LogP contribution in [0.15, 0.2) is 53.7 Å². The Morgan fingerprint density at radius 3 is 2.89 bits per heavy atom. The SMILES string of the molecule is Cn1cncc1-c1cc(/C=C/c2ccoc2)c2cc(CCC#N)c(Cl)cc2n1. The second-order valence-corrected chi connectivity index (χ2v) is 6.90. The van der Waals surface area contributed by atoms with Crippen LogP contribution in [-0.4, -0.2) is 14.5 Å². The summed E-state index contributed by atoms with van der Waals surface area (Å²) in [6.07, 6.45) is 11.9. The average Bonchev–Trinajstić information content (AvgIpc) is 3.36. The maximum absolute atomic E-state index is 8.91. The number of aromatic nitrogens is 3. The lowest BCUT2D eigenvalue weighted by Crippen LogP contribution is -1.96. The number of halogens is 1. The summed E-state index contributed by atoms with van der Waals surface area (Å²) in [6.45, 7) is 0. The van der Waals surface area contributed by atoms with Crippen molar-refractivity contribution in [1.29, 1.82) is 5.26 Å². The third kappa shape index (κ3) is 3.55. The number of imidazole rings is 1. The highest BCUT2D eigenvalue weighted by Crippen LogP contribution is 2.30. The van der Waals surface area contributed by atoms with Gasteiger partial charge < -0.3 is 8.98 Å². The Kier molecular flexibility index (Phi) is 4.96. The van der Waals surface area contributed by atoms with Crippen LogP contribution >= 0.6 is 11.6 Å². The minimum absolute atomic E-state index is 0.423. The van der Waals surface area contributed by atoms with Crippen LogP contribution in [0.25, 0.3) is 34.4 Å². The standard InChI is InChI=1S/C22H17ClN4O/c1-27-14-25-12-22(27)21-10-16(5-4-15-6-8-28-13-15)18-9-17(3-2-7-24)19(23)11-20(18)26-21/h4-6,8-14H,2-3H2,1H3/b5-4+. The van der Waals surface area contributed by atoms with E-state index in [9.17, 15) is 0 Å². The molecule has 28 heavy (non-hydrogen) atoms. The highest BCUT2D eigenvalue weighted by Gasteiger charge is 2.12. The number of nitriles is 1. The van der Waals surface area contributed by atoms with Crippen LogP contribution in [0.5, 0.6) is 0 Å². The molecule has 0 bridgehead atoms. The first kappa shape index (κ1) is 18.0. The molecular formula is C22H17ClN4O. The molecule has 0 atom stereocenters. The minimum atomic E-state index is 0.423. The number of fused-ring (bicyclic) bond motifs is 1. The summed E-state index contributed by atoms with van der Waals surface area (Å²) in [6, 6.07) is 10.0. The molecule has 4 rings (SSSR count). The molecule has 0 N–H and O–H groups in total. The monoisotopic (exact) mass is 388 g/mol. The van der Waals surface area contributed by atoms with Gasteiger partial charge in [0.2, 0.25) is 0 Å². The van der Waals surface area contributed by atoms with Crippen molar-refractivity contribution in [1.82, 2.24) is 14.5 Å². The van der Waals surface area contributed by atoms with Gasteiger partial charge in [0.1, 0.15) is 0 Å². The van der Waals surface area contributed by atoms with Crippen molar-refractivity contribution in [3.8, 4) is 17.5 Å². The number of rotatable bonds is 5. The molecular weight excluding hydrogens is 372 g/mol. The minimum Gasteiger partial charge on any atom is -0.472 e. The van der Waals surface area contributed by atoms with Crippen LogP contribution in [0.2, 0.25) is 5.02 Å². The van der Waals surface area contributed by atoms with E-state index in [4.69, 9.17) is 26.3 Å². The number of hydrogen-bond acceptors (Lipinski definition) is 4. The van der Waals surface area contributed by atoms with Crippen molar-refractivity contribution >= 4 is 34.7 Å². The fourth-order valence-corrected chi connectivity index (χ4v) is 3.38. The summed E-state index contributed by atoms with van der Waals surface area (Å²) in [5, 5.41) is 10.5. The van der Waals surface area contributed by atoms with Crippen LogP contribution in [0.4, 0.5) is 0 Å². The third-order valence-corrected chi connectivity index (χ3v) is 4.94. The van der Waals surface area contributed by atoms with Gasteiger partial charge in [0.15, 0.2) is 0 Å². The number of pyridine rings is 1. The van der Waals surface area contributed by atoms with E-state index >= 15 is 0 Å². The molecule has 5 nitrogen and oxygen atoms in total. The molecule has 1 aromatic carbocycles. The highest BCUT2D eigenvalue weighted by molar-refractivity contribution is 6.32. The Hall–Kier alpha value is -3.36. The van der Waals surface area contributed by atoms with E-state index in [1.54, 1.807) is 25.1 Å². The van der Waals surface area contributed by atoms with Gasteiger partial charge in [-0.2, -0.15) is 5.26 Å². The smallest absolute Gasteiger partial charge is 0.0974 e. The van der Waals surface area contributed by atoms with Gasteiger partial charge >= 0.3 is 0 Å². The van der Waals surface area contributed by atoms with E-state index in [0.29, 0.717) is 17.9 Å². The molecule has 3 aromatic heterocycles. The number of nitrogens with zero attached hydrogens (tertiary/aromatic N) is 4. The Balaban J connectivity index is 1.90. The fraction of sp³-hybridized carbons (Fsp3) is 0.136. The van der Waals surface area contributed by atoms with Crippen LogP contribution in [0, 0.1) is 11.3 Å². The zero-order chi connectivity index (χ0) is 19.5. The first-order valence-electron chi connectivity index (χ1n) is 8.83. The van der Waals surface area contributed by atoms with E-state index in [1.807, 2.05) is 48.0 Å².